The van der Waals surface area contributed by atoms with E-state index in [-0.39, 0.29) is 6.54 Å². The number of nitrogens with zero attached hydrogens (tertiary/aromatic N) is 2. The summed E-state index contributed by atoms with van der Waals surface area (Å²) >= 11 is 4.96. The number of fused-ring (bicyclic) bond motifs is 1. The maximum atomic E-state index is 12.7. The van der Waals surface area contributed by atoms with Crippen LogP contribution < -0.4 is 10.6 Å². The number of carbonyl (C=O) groups excluding carboxylic acids is 2. The molecule has 7 nitrogen and oxygen atoms in total. The fourth-order valence-corrected chi connectivity index (χ4v) is 4.90. The summed E-state index contributed by atoms with van der Waals surface area (Å²) in [7, 11) is 0. The minimum atomic E-state index is -0.740. The van der Waals surface area contributed by atoms with E-state index in [1.165, 1.54) is 11.3 Å². The molecule has 0 saturated heterocycles. The Morgan fingerprint density at radius 3 is 2.53 bits per heavy atom. The molecule has 9 heteroatoms. The summed E-state index contributed by atoms with van der Waals surface area (Å²) in [5, 5.41) is 6.24. The van der Waals surface area contributed by atoms with E-state index in [0.717, 1.165) is 31.0 Å². The fourth-order valence-electron chi connectivity index (χ4n) is 3.71. The minimum absolute atomic E-state index is 0.0837. The van der Waals surface area contributed by atoms with Crippen molar-refractivity contribution in [3.05, 3.63) is 107 Å². The van der Waals surface area contributed by atoms with Gasteiger partial charge in [0.2, 0.25) is 0 Å². The number of para-hydroxylation sites is 1. The summed E-state index contributed by atoms with van der Waals surface area (Å²) in [6.07, 6.45) is 2.15. The number of benzene rings is 2. The van der Waals surface area contributed by atoms with Gasteiger partial charge < -0.3 is 15.1 Å². The Labute approximate surface area is 219 Å². The van der Waals surface area contributed by atoms with E-state index in [0.29, 0.717) is 17.9 Å². The van der Waals surface area contributed by atoms with Crippen molar-refractivity contribution in [2.24, 2.45) is 0 Å². The quantitative estimate of drug-likeness (QED) is 0.259. The third kappa shape index (κ3) is 5.69. The standard InChI is InChI=1S/C27H21BrN4O3S/c28-18-10-8-17(9-11-18)22(15-19-5-3-4-14-29-19)31-26(34)25(33)30-16-20-12-13-23(35-20)27-32-21-6-1-2-7-24(21)36-27/h1-14,22H,15-16H2,(H,30,33)(H,31,34). The average Bonchev–Trinajstić information content (AvgIpc) is 3.55. The lowest BCUT2D eigenvalue weighted by Crippen LogP contribution is -2.41. The van der Waals surface area contributed by atoms with Crippen LogP contribution in [0.1, 0.15) is 23.1 Å². The second-order valence-electron chi connectivity index (χ2n) is 8.04. The van der Waals surface area contributed by atoms with Crippen molar-refractivity contribution in [3.8, 4) is 10.8 Å². The second-order valence-corrected chi connectivity index (χ2v) is 9.98. The van der Waals surface area contributed by atoms with E-state index in [4.69, 9.17) is 4.42 Å². The van der Waals surface area contributed by atoms with Gasteiger partial charge >= 0.3 is 11.8 Å². The number of aromatic nitrogens is 2. The van der Waals surface area contributed by atoms with Crippen LogP contribution in [-0.4, -0.2) is 21.8 Å². The first-order chi connectivity index (χ1) is 17.5. The molecule has 0 aliphatic carbocycles. The monoisotopic (exact) mass is 560 g/mol. The van der Waals surface area contributed by atoms with Crippen LogP contribution in [0.3, 0.4) is 0 Å². The number of hydrogen-bond acceptors (Lipinski definition) is 6. The average molecular weight is 561 g/mol. The van der Waals surface area contributed by atoms with Crippen LogP contribution in [0, 0.1) is 0 Å². The highest BCUT2D eigenvalue weighted by atomic mass is 79.9. The number of pyridine rings is 1. The zero-order valence-corrected chi connectivity index (χ0v) is 21.4. The van der Waals surface area contributed by atoms with Gasteiger partial charge in [0, 0.05) is 22.8 Å². The zero-order chi connectivity index (χ0) is 24.9. The smallest absolute Gasteiger partial charge is 0.309 e. The number of furan rings is 1. The fraction of sp³-hybridized carbons (Fsp3) is 0.111. The molecule has 5 rings (SSSR count). The second kappa shape index (κ2) is 10.8. The van der Waals surface area contributed by atoms with Crippen molar-refractivity contribution in [1.29, 1.82) is 0 Å². The molecule has 0 radical (unpaired) electrons. The first kappa shape index (κ1) is 23.9. The number of amides is 2. The topological polar surface area (TPSA) is 97.1 Å². The van der Waals surface area contributed by atoms with Crippen LogP contribution in [0.5, 0.6) is 0 Å². The Balaban J connectivity index is 1.22. The van der Waals surface area contributed by atoms with Crippen molar-refractivity contribution >= 4 is 49.3 Å². The van der Waals surface area contributed by atoms with E-state index in [9.17, 15) is 9.59 Å². The summed E-state index contributed by atoms with van der Waals surface area (Å²) in [5.41, 5.74) is 2.59. The summed E-state index contributed by atoms with van der Waals surface area (Å²) in [6, 6.07) is 24.3. The Morgan fingerprint density at radius 2 is 1.75 bits per heavy atom. The number of thiazole rings is 1. The Morgan fingerprint density at radius 1 is 0.944 bits per heavy atom. The van der Waals surface area contributed by atoms with Gasteiger partial charge in [0.15, 0.2) is 10.8 Å². The highest BCUT2D eigenvalue weighted by Crippen LogP contribution is 2.31. The molecule has 0 aliphatic heterocycles. The predicted molar refractivity (Wildman–Crippen MR) is 142 cm³/mol. The number of carbonyl (C=O) groups is 2. The lowest BCUT2D eigenvalue weighted by Gasteiger charge is -2.19. The minimum Gasteiger partial charge on any atom is -0.457 e. The van der Waals surface area contributed by atoms with E-state index in [2.05, 4.69) is 36.5 Å². The molecular formula is C27H21BrN4O3S. The lowest BCUT2D eigenvalue weighted by atomic mass is 10.0. The van der Waals surface area contributed by atoms with Crippen molar-refractivity contribution in [2.45, 2.75) is 19.0 Å². The number of nitrogens with one attached hydrogen (secondary N) is 2. The Kier molecular flexibility index (Phi) is 7.20. The summed E-state index contributed by atoms with van der Waals surface area (Å²) in [5.74, 6) is -0.313. The lowest BCUT2D eigenvalue weighted by molar-refractivity contribution is -0.139. The summed E-state index contributed by atoms with van der Waals surface area (Å²) in [6.45, 7) is 0.0837. The number of halogens is 1. The molecular weight excluding hydrogens is 540 g/mol. The molecule has 2 amide bonds. The normalized spacial score (nSPS) is 11.8. The van der Waals surface area contributed by atoms with Gasteiger partial charge in [0.05, 0.1) is 22.8 Å². The summed E-state index contributed by atoms with van der Waals surface area (Å²) < 4.78 is 7.86. The van der Waals surface area contributed by atoms with Gasteiger partial charge in [0.25, 0.3) is 0 Å². The Bertz CT molecular complexity index is 1470. The van der Waals surface area contributed by atoms with Crippen LogP contribution in [0.2, 0.25) is 0 Å². The van der Waals surface area contributed by atoms with Crippen molar-refractivity contribution in [1.82, 2.24) is 20.6 Å². The number of hydrogen-bond donors (Lipinski definition) is 2. The predicted octanol–water partition coefficient (Wildman–Crippen LogP) is 5.43. The van der Waals surface area contributed by atoms with Crippen molar-refractivity contribution in [3.63, 3.8) is 0 Å². The van der Waals surface area contributed by atoms with Gasteiger partial charge in [0.1, 0.15) is 5.76 Å². The van der Waals surface area contributed by atoms with Gasteiger partial charge in [-0.25, -0.2) is 4.98 Å². The maximum Gasteiger partial charge on any atom is 0.309 e. The van der Waals surface area contributed by atoms with Gasteiger partial charge in [-0.3, -0.25) is 14.6 Å². The van der Waals surface area contributed by atoms with E-state index >= 15 is 0 Å². The largest absolute Gasteiger partial charge is 0.457 e. The van der Waals surface area contributed by atoms with Crippen LogP contribution in [0.4, 0.5) is 0 Å². The van der Waals surface area contributed by atoms with Gasteiger partial charge in [-0.05, 0) is 54.1 Å². The van der Waals surface area contributed by atoms with Crippen molar-refractivity contribution < 1.29 is 14.0 Å². The molecule has 3 heterocycles. The third-order valence-corrected chi connectivity index (χ3v) is 7.09. The molecule has 0 fully saturated rings. The molecule has 2 aromatic carbocycles. The molecule has 36 heavy (non-hydrogen) atoms. The zero-order valence-electron chi connectivity index (χ0n) is 19.0. The van der Waals surface area contributed by atoms with Crippen molar-refractivity contribution in [2.75, 3.05) is 0 Å². The molecule has 0 spiro atoms. The van der Waals surface area contributed by atoms with Gasteiger partial charge in [-0.1, -0.05) is 46.3 Å². The SMILES string of the molecule is O=C(NCc1ccc(-c2nc3ccccc3s2)o1)C(=O)NC(Cc1ccccn1)c1ccc(Br)cc1. The van der Waals surface area contributed by atoms with Crippen LogP contribution in [-0.2, 0) is 22.6 Å². The first-order valence-corrected chi connectivity index (χ1v) is 12.8. The molecule has 0 bridgehead atoms. The molecule has 5 aromatic rings. The molecule has 0 aliphatic rings. The van der Waals surface area contributed by atoms with Crippen LogP contribution in [0.15, 0.2) is 93.9 Å². The van der Waals surface area contributed by atoms with Gasteiger partial charge in [-0.15, -0.1) is 11.3 Å². The highest BCUT2D eigenvalue weighted by Gasteiger charge is 2.21. The molecule has 3 aromatic heterocycles. The molecule has 0 saturated carbocycles. The van der Waals surface area contributed by atoms with Gasteiger partial charge in [-0.2, -0.15) is 0 Å². The van der Waals surface area contributed by atoms with E-state index in [1.54, 1.807) is 12.3 Å². The van der Waals surface area contributed by atoms with E-state index in [1.807, 2.05) is 72.8 Å². The third-order valence-electron chi connectivity index (χ3n) is 5.51. The Hall–Kier alpha value is -3.82. The summed E-state index contributed by atoms with van der Waals surface area (Å²) in [4.78, 5) is 34.3. The van der Waals surface area contributed by atoms with E-state index < -0.39 is 17.9 Å². The molecule has 1 atom stereocenters. The maximum absolute atomic E-state index is 12.7. The molecule has 2 N–H and O–H groups in total. The van der Waals surface area contributed by atoms with Crippen LogP contribution >= 0.6 is 27.3 Å². The highest BCUT2D eigenvalue weighted by molar-refractivity contribution is 9.10. The molecule has 1 unspecified atom stereocenters. The molecule has 180 valence electrons. The first-order valence-electron chi connectivity index (χ1n) is 11.2. The number of rotatable bonds is 7. The van der Waals surface area contributed by atoms with Crippen LogP contribution in [0.25, 0.3) is 21.0 Å².